The van der Waals surface area contributed by atoms with Crippen molar-refractivity contribution >= 4 is 11.7 Å². The first-order valence-corrected chi connectivity index (χ1v) is 6.51. The van der Waals surface area contributed by atoms with E-state index in [1.165, 1.54) is 18.3 Å². The van der Waals surface area contributed by atoms with Crippen molar-refractivity contribution in [3.8, 4) is 5.75 Å². The van der Waals surface area contributed by atoms with Crippen LogP contribution in [0.25, 0.3) is 0 Å². The quantitative estimate of drug-likeness (QED) is 0.509. The maximum atomic E-state index is 11.8. The van der Waals surface area contributed by atoms with Crippen molar-refractivity contribution in [1.29, 1.82) is 0 Å². The molecule has 0 unspecified atom stereocenters. The van der Waals surface area contributed by atoms with Crippen molar-refractivity contribution in [3.05, 3.63) is 62.3 Å². The number of nitro groups is 1. The van der Waals surface area contributed by atoms with E-state index in [1.807, 2.05) is 0 Å². The average molecular weight is 303 g/mol. The highest BCUT2D eigenvalue weighted by molar-refractivity contribution is 5.71. The Morgan fingerprint density at radius 1 is 1.36 bits per heavy atom. The number of ether oxygens (including phenoxy) is 1. The van der Waals surface area contributed by atoms with Crippen molar-refractivity contribution in [2.24, 2.45) is 0 Å². The SMILES string of the molecule is CCC(=O)Oc1cnc(Cc2ccc([N+](=O)[O-])cc2)[nH]c1=O. The van der Waals surface area contributed by atoms with Crippen molar-refractivity contribution < 1.29 is 14.5 Å². The molecule has 114 valence electrons. The summed E-state index contributed by atoms with van der Waals surface area (Å²) < 4.78 is 4.82. The summed E-state index contributed by atoms with van der Waals surface area (Å²) in [5.74, 6) is -0.301. The Labute approximate surface area is 124 Å². The molecule has 0 saturated carbocycles. The zero-order valence-corrected chi connectivity index (χ0v) is 11.7. The Balaban J connectivity index is 2.13. The summed E-state index contributed by atoms with van der Waals surface area (Å²) in [6.45, 7) is 1.62. The molecule has 1 aromatic carbocycles. The second-order valence-corrected chi connectivity index (χ2v) is 4.45. The molecular formula is C14H13N3O5. The highest BCUT2D eigenvalue weighted by Crippen LogP contribution is 2.13. The Bertz CT molecular complexity index is 752. The molecule has 0 saturated heterocycles. The number of aromatic nitrogens is 2. The van der Waals surface area contributed by atoms with Crippen LogP contribution >= 0.6 is 0 Å². The number of esters is 1. The van der Waals surface area contributed by atoms with Crippen molar-refractivity contribution in [1.82, 2.24) is 9.97 Å². The van der Waals surface area contributed by atoms with Crippen LogP contribution in [0.1, 0.15) is 24.7 Å². The summed E-state index contributed by atoms with van der Waals surface area (Å²) in [7, 11) is 0. The lowest BCUT2D eigenvalue weighted by atomic mass is 10.1. The number of benzene rings is 1. The molecule has 1 heterocycles. The summed E-state index contributed by atoms with van der Waals surface area (Å²) in [5.41, 5.74) is 0.202. The average Bonchev–Trinajstić information content (AvgIpc) is 2.50. The number of hydrogen-bond donors (Lipinski definition) is 1. The smallest absolute Gasteiger partial charge is 0.311 e. The Hall–Kier alpha value is -3.03. The highest BCUT2D eigenvalue weighted by atomic mass is 16.6. The molecule has 0 amide bonds. The number of hydrogen-bond acceptors (Lipinski definition) is 6. The lowest BCUT2D eigenvalue weighted by molar-refractivity contribution is -0.384. The molecule has 22 heavy (non-hydrogen) atoms. The van der Waals surface area contributed by atoms with E-state index >= 15 is 0 Å². The van der Waals surface area contributed by atoms with Gasteiger partial charge >= 0.3 is 5.97 Å². The zero-order valence-electron chi connectivity index (χ0n) is 11.7. The maximum absolute atomic E-state index is 11.8. The van der Waals surface area contributed by atoms with Gasteiger partial charge in [0.25, 0.3) is 11.2 Å². The molecule has 0 bridgehead atoms. The Kier molecular flexibility index (Phi) is 4.62. The fraction of sp³-hybridized carbons (Fsp3) is 0.214. The number of aromatic amines is 1. The fourth-order valence-electron chi connectivity index (χ4n) is 1.71. The third kappa shape index (κ3) is 3.75. The first kappa shape index (κ1) is 15.4. The summed E-state index contributed by atoms with van der Waals surface area (Å²) in [5, 5.41) is 10.6. The number of H-pyrrole nitrogens is 1. The number of nitrogens with zero attached hydrogens (tertiary/aromatic N) is 2. The highest BCUT2D eigenvalue weighted by Gasteiger charge is 2.09. The van der Waals surface area contributed by atoms with Crippen LogP contribution in [0.5, 0.6) is 5.75 Å². The molecule has 0 aliphatic carbocycles. The van der Waals surface area contributed by atoms with Crippen molar-refractivity contribution in [3.63, 3.8) is 0 Å². The summed E-state index contributed by atoms with van der Waals surface area (Å²) in [6.07, 6.45) is 1.65. The van der Waals surface area contributed by atoms with Crippen LogP contribution in [0.15, 0.2) is 35.3 Å². The summed E-state index contributed by atoms with van der Waals surface area (Å²) in [6, 6.07) is 5.93. The molecule has 0 aliphatic heterocycles. The van der Waals surface area contributed by atoms with Crippen molar-refractivity contribution in [2.45, 2.75) is 19.8 Å². The van der Waals surface area contributed by atoms with Crippen LogP contribution in [0.2, 0.25) is 0 Å². The van der Waals surface area contributed by atoms with Gasteiger partial charge < -0.3 is 9.72 Å². The number of nitrogens with one attached hydrogen (secondary N) is 1. The minimum Gasteiger partial charge on any atom is -0.419 e. The van der Waals surface area contributed by atoms with Gasteiger partial charge in [-0.3, -0.25) is 19.7 Å². The first-order valence-electron chi connectivity index (χ1n) is 6.51. The number of non-ortho nitro benzene ring substituents is 1. The topological polar surface area (TPSA) is 115 Å². The zero-order chi connectivity index (χ0) is 16.1. The van der Waals surface area contributed by atoms with Gasteiger partial charge in [-0.2, -0.15) is 0 Å². The van der Waals surface area contributed by atoms with E-state index in [0.717, 1.165) is 5.56 Å². The Morgan fingerprint density at radius 2 is 2.05 bits per heavy atom. The van der Waals surface area contributed by atoms with Gasteiger partial charge in [0.1, 0.15) is 5.82 Å². The second kappa shape index (κ2) is 6.61. The third-order valence-corrected chi connectivity index (χ3v) is 2.85. The molecule has 8 heteroatoms. The third-order valence-electron chi connectivity index (χ3n) is 2.85. The van der Waals surface area contributed by atoms with Gasteiger partial charge in [-0.25, -0.2) is 4.98 Å². The summed E-state index contributed by atoms with van der Waals surface area (Å²) in [4.78, 5) is 39.5. The lowest BCUT2D eigenvalue weighted by Gasteiger charge is -2.04. The predicted octanol–water partition coefficient (Wildman–Crippen LogP) is 1.58. The van der Waals surface area contributed by atoms with Crippen LogP contribution in [0, 0.1) is 10.1 Å². The largest absolute Gasteiger partial charge is 0.419 e. The number of nitro benzene ring substituents is 1. The van der Waals surface area contributed by atoms with Crippen LogP contribution in [-0.4, -0.2) is 20.9 Å². The van der Waals surface area contributed by atoms with E-state index in [1.54, 1.807) is 19.1 Å². The first-order chi connectivity index (χ1) is 10.5. The fourth-order valence-corrected chi connectivity index (χ4v) is 1.71. The molecule has 2 aromatic rings. The molecule has 1 aromatic heterocycles. The molecule has 8 nitrogen and oxygen atoms in total. The van der Waals surface area contributed by atoms with Crippen LogP contribution in [-0.2, 0) is 11.2 Å². The number of carbonyl (C=O) groups excluding carboxylic acids is 1. The van der Waals surface area contributed by atoms with Crippen LogP contribution < -0.4 is 10.3 Å². The van der Waals surface area contributed by atoms with E-state index < -0.39 is 16.5 Å². The van der Waals surface area contributed by atoms with Gasteiger partial charge in [0.05, 0.1) is 11.1 Å². The van der Waals surface area contributed by atoms with Crippen molar-refractivity contribution in [2.75, 3.05) is 0 Å². The van der Waals surface area contributed by atoms with Gasteiger partial charge in [-0.05, 0) is 5.56 Å². The molecule has 2 rings (SSSR count). The molecule has 1 N–H and O–H groups in total. The molecule has 0 spiro atoms. The Morgan fingerprint density at radius 3 is 2.59 bits per heavy atom. The minimum atomic E-state index is -0.547. The normalized spacial score (nSPS) is 10.2. The van der Waals surface area contributed by atoms with E-state index in [2.05, 4.69) is 9.97 Å². The maximum Gasteiger partial charge on any atom is 0.311 e. The second-order valence-electron chi connectivity index (χ2n) is 4.45. The van der Waals surface area contributed by atoms with Gasteiger partial charge in [-0.1, -0.05) is 19.1 Å². The monoisotopic (exact) mass is 303 g/mol. The summed E-state index contributed by atoms with van der Waals surface area (Å²) >= 11 is 0. The van der Waals surface area contributed by atoms with Crippen LogP contribution in [0.4, 0.5) is 5.69 Å². The number of carbonyl (C=O) groups is 1. The van der Waals surface area contributed by atoms with Crippen LogP contribution in [0.3, 0.4) is 0 Å². The number of rotatable bonds is 5. The molecule has 0 fully saturated rings. The molecule has 0 atom stereocenters. The molecule has 0 aliphatic rings. The minimum absolute atomic E-state index is 0.00738. The predicted molar refractivity (Wildman–Crippen MR) is 76.7 cm³/mol. The van der Waals surface area contributed by atoms with Gasteiger partial charge in [0.2, 0.25) is 5.75 Å². The standard InChI is InChI=1S/C14H13N3O5/c1-2-13(18)22-11-8-15-12(16-14(11)19)7-9-3-5-10(6-4-9)17(20)21/h3-6,8H,2,7H2,1H3,(H,15,16,19). The van der Waals surface area contributed by atoms with E-state index in [9.17, 15) is 19.7 Å². The molecule has 0 radical (unpaired) electrons. The van der Waals surface area contributed by atoms with E-state index in [0.29, 0.717) is 12.2 Å². The van der Waals surface area contributed by atoms with E-state index in [-0.39, 0.29) is 17.9 Å². The molecular weight excluding hydrogens is 290 g/mol. The van der Waals surface area contributed by atoms with Gasteiger partial charge in [0, 0.05) is 25.0 Å². The van der Waals surface area contributed by atoms with Gasteiger partial charge in [-0.15, -0.1) is 0 Å². The van der Waals surface area contributed by atoms with E-state index in [4.69, 9.17) is 4.74 Å². The van der Waals surface area contributed by atoms with Gasteiger partial charge in [0.15, 0.2) is 0 Å². The lowest BCUT2D eigenvalue weighted by Crippen LogP contribution is -2.18.